The van der Waals surface area contributed by atoms with Crippen molar-refractivity contribution in [3.63, 3.8) is 0 Å². The maximum absolute atomic E-state index is 5.91. The predicted octanol–water partition coefficient (Wildman–Crippen LogP) is 3.32. The van der Waals surface area contributed by atoms with E-state index in [9.17, 15) is 0 Å². The first-order chi connectivity index (χ1) is 10.2. The molecule has 0 radical (unpaired) electrons. The summed E-state index contributed by atoms with van der Waals surface area (Å²) >= 11 is 0. The average Bonchev–Trinajstić information content (AvgIpc) is 2.87. The lowest BCUT2D eigenvalue weighted by Crippen LogP contribution is -1.96. The number of rotatable bonds is 3. The molecule has 2 N–H and O–H groups in total. The van der Waals surface area contributed by atoms with Gasteiger partial charge in [0, 0.05) is 5.56 Å². The normalized spacial score (nSPS) is 11.1. The van der Waals surface area contributed by atoms with Gasteiger partial charge in [-0.1, -0.05) is 60.2 Å². The summed E-state index contributed by atoms with van der Waals surface area (Å²) in [5.74, 6) is 0.373. The molecule has 21 heavy (non-hydrogen) atoms. The van der Waals surface area contributed by atoms with Gasteiger partial charge in [-0.2, -0.15) is 5.10 Å². The number of aromatic nitrogens is 2. The van der Waals surface area contributed by atoms with Gasteiger partial charge in [-0.15, -0.1) is 0 Å². The van der Waals surface area contributed by atoms with Crippen LogP contribution in [0.5, 0.6) is 0 Å². The van der Waals surface area contributed by atoms with Crippen molar-refractivity contribution in [1.29, 1.82) is 0 Å². The second-order valence-electron chi connectivity index (χ2n) is 4.85. The van der Waals surface area contributed by atoms with E-state index in [0.717, 1.165) is 16.8 Å². The van der Waals surface area contributed by atoms with Crippen molar-refractivity contribution in [2.45, 2.75) is 6.92 Å². The molecule has 0 amide bonds. The summed E-state index contributed by atoms with van der Waals surface area (Å²) in [7, 11) is 0. The molecule has 1 aromatic heterocycles. The van der Waals surface area contributed by atoms with Crippen LogP contribution in [0.1, 0.15) is 11.1 Å². The standard InChI is InChI=1S/C17H16N4/c1-13-6-5-7-14(10-13)11-19-21-12-16(20-17(21)18)15-8-3-2-4-9-15/h2-12H,1H3,(H2,18,20)/b19-11+. The minimum Gasteiger partial charge on any atom is -0.368 e. The van der Waals surface area contributed by atoms with Gasteiger partial charge in [0.05, 0.1) is 18.1 Å². The molecule has 0 fully saturated rings. The molecule has 0 aliphatic rings. The molecular weight excluding hydrogens is 260 g/mol. The van der Waals surface area contributed by atoms with E-state index in [-0.39, 0.29) is 0 Å². The van der Waals surface area contributed by atoms with E-state index in [1.165, 1.54) is 5.56 Å². The number of hydrogen-bond donors (Lipinski definition) is 1. The van der Waals surface area contributed by atoms with E-state index in [2.05, 4.69) is 29.1 Å². The Balaban J connectivity index is 1.88. The highest BCUT2D eigenvalue weighted by atomic mass is 15.4. The number of nitrogens with two attached hydrogens (primary N) is 1. The molecule has 0 saturated heterocycles. The van der Waals surface area contributed by atoms with E-state index in [1.54, 1.807) is 10.9 Å². The van der Waals surface area contributed by atoms with Crippen LogP contribution in [0.3, 0.4) is 0 Å². The van der Waals surface area contributed by atoms with Crippen molar-refractivity contribution >= 4 is 12.2 Å². The van der Waals surface area contributed by atoms with E-state index >= 15 is 0 Å². The molecule has 0 unspecified atom stereocenters. The number of anilines is 1. The van der Waals surface area contributed by atoms with Crippen molar-refractivity contribution in [2.24, 2.45) is 5.10 Å². The Morgan fingerprint density at radius 3 is 2.67 bits per heavy atom. The summed E-state index contributed by atoms with van der Waals surface area (Å²) < 4.78 is 1.59. The molecule has 0 atom stereocenters. The van der Waals surface area contributed by atoms with Crippen LogP contribution < -0.4 is 5.73 Å². The Bertz CT molecular complexity index is 772. The lowest BCUT2D eigenvalue weighted by Gasteiger charge is -1.97. The van der Waals surface area contributed by atoms with Gasteiger partial charge in [-0.05, 0) is 12.5 Å². The monoisotopic (exact) mass is 276 g/mol. The Morgan fingerprint density at radius 1 is 1.10 bits per heavy atom. The van der Waals surface area contributed by atoms with Gasteiger partial charge in [-0.25, -0.2) is 9.66 Å². The molecule has 1 heterocycles. The highest BCUT2D eigenvalue weighted by molar-refractivity contribution is 5.79. The van der Waals surface area contributed by atoms with Crippen LogP contribution in [0.15, 0.2) is 65.9 Å². The third-order valence-corrected chi connectivity index (χ3v) is 3.16. The maximum atomic E-state index is 5.91. The number of hydrogen-bond acceptors (Lipinski definition) is 3. The van der Waals surface area contributed by atoms with Crippen LogP contribution in [-0.4, -0.2) is 15.9 Å². The maximum Gasteiger partial charge on any atom is 0.221 e. The summed E-state index contributed by atoms with van der Waals surface area (Å²) in [6.07, 6.45) is 3.61. The highest BCUT2D eigenvalue weighted by Gasteiger charge is 2.05. The van der Waals surface area contributed by atoms with Crippen LogP contribution in [-0.2, 0) is 0 Å². The molecular formula is C17H16N4. The van der Waals surface area contributed by atoms with Gasteiger partial charge in [0.25, 0.3) is 0 Å². The van der Waals surface area contributed by atoms with Crippen molar-refractivity contribution in [3.05, 3.63) is 71.9 Å². The van der Waals surface area contributed by atoms with Crippen molar-refractivity contribution in [1.82, 2.24) is 9.66 Å². The van der Waals surface area contributed by atoms with Gasteiger partial charge < -0.3 is 5.73 Å². The van der Waals surface area contributed by atoms with Gasteiger partial charge in [0.15, 0.2) is 0 Å². The van der Waals surface area contributed by atoms with E-state index in [1.807, 2.05) is 48.7 Å². The molecule has 3 aromatic rings. The summed E-state index contributed by atoms with van der Waals surface area (Å²) in [6, 6.07) is 18.0. The van der Waals surface area contributed by atoms with Crippen molar-refractivity contribution < 1.29 is 0 Å². The fraction of sp³-hybridized carbons (Fsp3) is 0.0588. The fourth-order valence-corrected chi connectivity index (χ4v) is 2.11. The van der Waals surface area contributed by atoms with E-state index in [0.29, 0.717) is 5.95 Å². The third kappa shape index (κ3) is 3.00. The Kier molecular flexibility index (Phi) is 3.51. The van der Waals surface area contributed by atoms with Crippen molar-refractivity contribution in [2.75, 3.05) is 5.73 Å². The average molecular weight is 276 g/mol. The topological polar surface area (TPSA) is 56.2 Å². The number of aryl methyl sites for hydroxylation is 1. The molecule has 0 aliphatic heterocycles. The highest BCUT2D eigenvalue weighted by Crippen LogP contribution is 2.19. The van der Waals surface area contributed by atoms with Gasteiger partial charge >= 0.3 is 0 Å². The lowest BCUT2D eigenvalue weighted by atomic mass is 10.2. The number of benzene rings is 2. The third-order valence-electron chi connectivity index (χ3n) is 3.16. The van der Waals surface area contributed by atoms with Crippen LogP contribution in [0, 0.1) is 6.92 Å². The number of nitrogens with zero attached hydrogens (tertiary/aromatic N) is 3. The molecule has 3 rings (SSSR count). The second kappa shape index (κ2) is 5.63. The molecule has 0 saturated carbocycles. The summed E-state index contributed by atoms with van der Waals surface area (Å²) in [5.41, 5.74) is 9.98. The zero-order valence-corrected chi connectivity index (χ0v) is 11.8. The lowest BCUT2D eigenvalue weighted by molar-refractivity contribution is 0.898. The predicted molar refractivity (Wildman–Crippen MR) is 86.2 cm³/mol. The van der Waals surface area contributed by atoms with Crippen LogP contribution in [0.4, 0.5) is 5.95 Å². The Morgan fingerprint density at radius 2 is 1.90 bits per heavy atom. The van der Waals surface area contributed by atoms with E-state index < -0.39 is 0 Å². The van der Waals surface area contributed by atoms with Crippen LogP contribution in [0.25, 0.3) is 11.3 Å². The summed E-state index contributed by atoms with van der Waals surface area (Å²) in [6.45, 7) is 2.05. The quantitative estimate of drug-likeness (QED) is 0.746. The second-order valence-corrected chi connectivity index (χ2v) is 4.85. The Labute approximate surface area is 123 Å². The van der Waals surface area contributed by atoms with Gasteiger partial charge in [0.2, 0.25) is 5.95 Å². The summed E-state index contributed by atoms with van der Waals surface area (Å²) in [4.78, 5) is 4.34. The molecule has 0 bridgehead atoms. The zero-order valence-electron chi connectivity index (χ0n) is 11.8. The van der Waals surface area contributed by atoms with Gasteiger partial charge in [0.1, 0.15) is 0 Å². The smallest absolute Gasteiger partial charge is 0.221 e. The van der Waals surface area contributed by atoms with Crippen LogP contribution in [0.2, 0.25) is 0 Å². The minimum atomic E-state index is 0.373. The number of imidazole rings is 1. The Hall–Kier alpha value is -2.88. The molecule has 2 aromatic carbocycles. The van der Waals surface area contributed by atoms with Gasteiger partial charge in [-0.3, -0.25) is 0 Å². The molecule has 4 heteroatoms. The first-order valence-corrected chi connectivity index (χ1v) is 6.74. The minimum absolute atomic E-state index is 0.373. The van der Waals surface area contributed by atoms with Crippen LogP contribution >= 0.6 is 0 Å². The first kappa shape index (κ1) is 13.1. The SMILES string of the molecule is Cc1cccc(/C=N/n2cc(-c3ccccc3)nc2N)c1. The largest absolute Gasteiger partial charge is 0.368 e. The molecule has 0 spiro atoms. The molecule has 104 valence electrons. The van der Waals surface area contributed by atoms with E-state index in [4.69, 9.17) is 5.73 Å². The molecule has 4 nitrogen and oxygen atoms in total. The molecule has 0 aliphatic carbocycles. The fourth-order valence-electron chi connectivity index (χ4n) is 2.11. The number of nitrogen functional groups attached to an aromatic ring is 1. The van der Waals surface area contributed by atoms with Crippen molar-refractivity contribution in [3.8, 4) is 11.3 Å². The first-order valence-electron chi connectivity index (χ1n) is 6.74. The summed E-state index contributed by atoms with van der Waals surface area (Å²) in [5, 5.41) is 4.37. The zero-order chi connectivity index (χ0) is 14.7.